The van der Waals surface area contributed by atoms with Crippen molar-refractivity contribution in [2.75, 3.05) is 7.05 Å². The number of likely N-dealkylation sites (N-methyl/N-ethyl adjacent to an activating group) is 1. The van der Waals surface area contributed by atoms with Gasteiger partial charge in [-0.2, -0.15) is 0 Å². The maximum absolute atomic E-state index is 10.7. The average Bonchev–Trinajstić information content (AvgIpc) is 2.09. The molecule has 0 amide bonds. The highest BCUT2D eigenvalue weighted by molar-refractivity contribution is 9.10. The summed E-state index contributed by atoms with van der Waals surface area (Å²) in [6.07, 6.45) is 0. The number of benzene rings is 1. The van der Waals surface area contributed by atoms with Crippen molar-refractivity contribution in [3.05, 3.63) is 34.3 Å². The fourth-order valence-electron chi connectivity index (χ4n) is 1.09. The lowest BCUT2D eigenvalue weighted by molar-refractivity contribution is -0.139. The Balaban J connectivity index is 2.92. The Labute approximate surface area is 84.9 Å². The third kappa shape index (κ3) is 2.54. The number of hydrogen-bond donors (Lipinski definition) is 2. The van der Waals surface area contributed by atoms with Crippen LogP contribution in [0.4, 0.5) is 0 Å². The van der Waals surface area contributed by atoms with Crippen LogP contribution in [0, 0.1) is 0 Å². The number of carbonyl (C=O) groups is 1. The molecule has 4 heteroatoms. The number of halogens is 1. The van der Waals surface area contributed by atoms with Gasteiger partial charge in [0.25, 0.3) is 0 Å². The van der Waals surface area contributed by atoms with E-state index in [4.69, 9.17) is 5.11 Å². The van der Waals surface area contributed by atoms with E-state index in [9.17, 15) is 4.79 Å². The molecule has 1 atom stereocenters. The van der Waals surface area contributed by atoms with Crippen LogP contribution in [0.1, 0.15) is 11.6 Å². The molecule has 0 aliphatic carbocycles. The van der Waals surface area contributed by atoms with Crippen molar-refractivity contribution in [2.45, 2.75) is 6.04 Å². The number of aliphatic carboxylic acids is 1. The Bertz CT molecular complexity index is 297. The zero-order valence-corrected chi connectivity index (χ0v) is 8.71. The second kappa shape index (κ2) is 4.39. The number of rotatable bonds is 3. The molecular weight excluding hydrogens is 234 g/mol. The zero-order chi connectivity index (χ0) is 9.84. The minimum absolute atomic E-state index is 0.631. The molecule has 0 aliphatic rings. The van der Waals surface area contributed by atoms with Gasteiger partial charge in [0.2, 0.25) is 0 Å². The highest BCUT2D eigenvalue weighted by atomic mass is 79.9. The molecule has 0 heterocycles. The molecule has 3 nitrogen and oxygen atoms in total. The number of carboxylic acid groups (broad SMARTS) is 1. The van der Waals surface area contributed by atoms with E-state index in [1.165, 1.54) is 0 Å². The van der Waals surface area contributed by atoms with Crippen LogP contribution in [0.5, 0.6) is 0 Å². The van der Waals surface area contributed by atoms with E-state index in [0.29, 0.717) is 0 Å². The molecule has 0 aromatic heterocycles. The van der Waals surface area contributed by atoms with Gasteiger partial charge in [-0.05, 0) is 24.7 Å². The molecule has 1 rings (SSSR count). The van der Waals surface area contributed by atoms with Crippen LogP contribution in [0.15, 0.2) is 28.7 Å². The third-order valence-electron chi connectivity index (χ3n) is 1.74. The molecule has 1 aromatic carbocycles. The van der Waals surface area contributed by atoms with Crippen molar-refractivity contribution in [3.63, 3.8) is 0 Å². The van der Waals surface area contributed by atoms with Gasteiger partial charge in [-0.3, -0.25) is 4.79 Å². The van der Waals surface area contributed by atoms with Gasteiger partial charge in [-0.25, -0.2) is 0 Å². The number of nitrogens with one attached hydrogen (secondary N) is 1. The minimum atomic E-state index is -0.871. The van der Waals surface area contributed by atoms with Gasteiger partial charge in [0, 0.05) is 4.47 Å². The van der Waals surface area contributed by atoms with Gasteiger partial charge in [0.15, 0.2) is 0 Å². The van der Waals surface area contributed by atoms with E-state index in [0.717, 1.165) is 10.0 Å². The Hall–Kier alpha value is -0.870. The largest absolute Gasteiger partial charge is 0.480 e. The zero-order valence-electron chi connectivity index (χ0n) is 7.12. The Morgan fingerprint density at radius 3 is 2.38 bits per heavy atom. The summed E-state index contributed by atoms with van der Waals surface area (Å²) in [6.45, 7) is 0. The molecule has 1 unspecified atom stereocenters. The average molecular weight is 244 g/mol. The van der Waals surface area contributed by atoms with Crippen LogP contribution in [0.2, 0.25) is 0 Å². The summed E-state index contributed by atoms with van der Waals surface area (Å²) < 4.78 is 0.941. The van der Waals surface area contributed by atoms with Crippen molar-refractivity contribution in [2.24, 2.45) is 0 Å². The van der Waals surface area contributed by atoms with Crippen LogP contribution in [0.3, 0.4) is 0 Å². The fraction of sp³-hybridized carbons (Fsp3) is 0.222. The smallest absolute Gasteiger partial charge is 0.325 e. The second-order valence-electron chi connectivity index (χ2n) is 2.61. The molecule has 0 bridgehead atoms. The molecule has 0 saturated carbocycles. The van der Waals surface area contributed by atoms with E-state index < -0.39 is 12.0 Å². The van der Waals surface area contributed by atoms with E-state index >= 15 is 0 Å². The lowest BCUT2D eigenvalue weighted by Gasteiger charge is -2.10. The lowest BCUT2D eigenvalue weighted by atomic mass is 10.1. The maximum Gasteiger partial charge on any atom is 0.325 e. The molecule has 1 aromatic rings. The Morgan fingerprint density at radius 2 is 2.00 bits per heavy atom. The molecule has 0 aliphatic heterocycles. The highest BCUT2D eigenvalue weighted by Crippen LogP contribution is 2.16. The minimum Gasteiger partial charge on any atom is -0.480 e. The van der Waals surface area contributed by atoms with Crippen molar-refractivity contribution in [1.82, 2.24) is 5.32 Å². The van der Waals surface area contributed by atoms with Crippen molar-refractivity contribution < 1.29 is 9.90 Å². The van der Waals surface area contributed by atoms with Gasteiger partial charge in [-0.15, -0.1) is 0 Å². The molecule has 13 heavy (non-hydrogen) atoms. The first-order valence-corrected chi connectivity index (χ1v) is 4.60. The van der Waals surface area contributed by atoms with Crippen LogP contribution in [0.25, 0.3) is 0 Å². The fourth-order valence-corrected chi connectivity index (χ4v) is 1.35. The van der Waals surface area contributed by atoms with Crippen molar-refractivity contribution >= 4 is 21.9 Å². The number of carboxylic acids is 1. The summed E-state index contributed by atoms with van der Waals surface area (Å²) in [5.74, 6) is -0.871. The summed E-state index contributed by atoms with van der Waals surface area (Å²) in [4.78, 5) is 10.7. The third-order valence-corrected chi connectivity index (χ3v) is 2.27. The van der Waals surface area contributed by atoms with Crippen LogP contribution in [-0.4, -0.2) is 18.1 Å². The monoisotopic (exact) mass is 243 g/mol. The predicted molar refractivity (Wildman–Crippen MR) is 53.6 cm³/mol. The van der Waals surface area contributed by atoms with Crippen LogP contribution >= 0.6 is 15.9 Å². The standard InChI is InChI=1S/C9H10BrNO2/c1-11-8(9(12)13)6-2-4-7(10)5-3-6/h2-5,8,11H,1H3,(H,12,13). The maximum atomic E-state index is 10.7. The Morgan fingerprint density at radius 1 is 1.46 bits per heavy atom. The van der Waals surface area contributed by atoms with Crippen molar-refractivity contribution in [1.29, 1.82) is 0 Å². The van der Waals surface area contributed by atoms with E-state index in [1.807, 2.05) is 12.1 Å². The summed E-state index contributed by atoms with van der Waals surface area (Å²) in [6, 6.07) is 6.57. The summed E-state index contributed by atoms with van der Waals surface area (Å²) in [5, 5.41) is 11.5. The quantitative estimate of drug-likeness (QED) is 0.852. The summed E-state index contributed by atoms with van der Waals surface area (Å²) in [7, 11) is 1.63. The predicted octanol–water partition coefficient (Wildman–Crippen LogP) is 1.79. The van der Waals surface area contributed by atoms with Gasteiger partial charge >= 0.3 is 5.97 Å². The Kier molecular flexibility index (Phi) is 3.45. The van der Waals surface area contributed by atoms with Crippen LogP contribution < -0.4 is 5.32 Å². The SMILES string of the molecule is CNC(C(=O)O)c1ccc(Br)cc1. The van der Waals surface area contributed by atoms with E-state index in [1.54, 1.807) is 19.2 Å². The topological polar surface area (TPSA) is 49.3 Å². The van der Waals surface area contributed by atoms with Gasteiger partial charge in [0.1, 0.15) is 6.04 Å². The second-order valence-corrected chi connectivity index (χ2v) is 3.53. The van der Waals surface area contributed by atoms with Gasteiger partial charge in [0.05, 0.1) is 0 Å². The van der Waals surface area contributed by atoms with Gasteiger partial charge < -0.3 is 10.4 Å². The molecule has 0 radical (unpaired) electrons. The first kappa shape index (κ1) is 10.2. The first-order valence-electron chi connectivity index (χ1n) is 3.80. The summed E-state index contributed by atoms with van der Waals surface area (Å²) in [5.41, 5.74) is 0.748. The lowest BCUT2D eigenvalue weighted by Crippen LogP contribution is -2.24. The van der Waals surface area contributed by atoms with Crippen molar-refractivity contribution in [3.8, 4) is 0 Å². The molecular formula is C9H10BrNO2. The number of hydrogen-bond acceptors (Lipinski definition) is 2. The molecule has 0 fully saturated rings. The van der Waals surface area contributed by atoms with Crippen LogP contribution in [-0.2, 0) is 4.79 Å². The highest BCUT2D eigenvalue weighted by Gasteiger charge is 2.16. The molecule has 0 saturated heterocycles. The molecule has 2 N–H and O–H groups in total. The first-order chi connectivity index (χ1) is 6.15. The normalized spacial score (nSPS) is 12.5. The van der Waals surface area contributed by atoms with E-state index in [2.05, 4.69) is 21.2 Å². The van der Waals surface area contributed by atoms with Gasteiger partial charge in [-0.1, -0.05) is 28.1 Å². The molecule has 0 spiro atoms. The molecule has 70 valence electrons. The van der Waals surface area contributed by atoms with E-state index in [-0.39, 0.29) is 0 Å². The summed E-state index contributed by atoms with van der Waals surface area (Å²) >= 11 is 3.29.